The van der Waals surface area contributed by atoms with Crippen LogP contribution in [0.5, 0.6) is 5.75 Å². The van der Waals surface area contributed by atoms with Crippen LogP contribution in [0.15, 0.2) is 35.3 Å². The Morgan fingerprint density at radius 2 is 1.95 bits per heavy atom. The van der Waals surface area contributed by atoms with Gasteiger partial charge in [-0.25, -0.2) is 9.18 Å². The van der Waals surface area contributed by atoms with Crippen molar-refractivity contribution in [3.8, 4) is 11.4 Å². The van der Waals surface area contributed by atoms with Crippen molar-refractivity contribution in [2.24, 2.45) is 0 Å². The number of hydrogen-bond donors (Lipinski definition) is 1. The van der Waals surface area contributed by atoms with Gasteiger partial charge in [-0.15, -0.1) is 0 Å². The van der Waals surface area contributed by atoms with E-state index >= 15 is 0 Å². The molecule has 2 aromatic rings. The van der Waals surface area contributed by atoms with Crippen LogP contribution >= 0.6 is 0 Å². The summed E-state index contributed by atoms with van der Waals surface area (Å²) in [4.78, 5) is 23.7. The van der Waals surface area contributed by atoms with E-state index < -0.39 is 22.9 Å². The smallest absolute Gasteiger partial charge is 0.345 e. The van der Waals surface area contributed by atoms with Gasteiger partial charge < -0.3 is 9.84 Å². The number of carboxylic acid groups (broad SMARTS) is 1. The van der Waals surface area contributed by atoms with E-state index in [0.29, 0.717) is 11.3 Å². The van der Waals surface area contributed by atoms with Gasteiger partial charge in [-0.3, -0.25) is 9.36 Å². The van der Waals surface area contributed by atoms with Crippen molar-refractivity contribution in [2.45, 2.75) is 13.8 Å². The number of benzene rings is 1. The second-order valence-corrected chi connectivity index (χ2v) is 4.41. The van der Waals surface area contributed by atoms with Gasteiger partial charge >= 0.3 is 5.97 Å². The molecule has 0 spiro atoms. The number of pyridine rings is 1. The monoisotopic (exact) mass is 291 g/mol. The van der Waals surface area contributed by atoms with Gasteiger partial charge in [0.05, 0.1) is 6.61 Å². The Balaban J connectivity index is 2.72. The fraction of sp³-hybridized carbons (Fsp3) is 0.200. The van der Waals surface area contributed by atoms with Crippen LogP contribution in [0.25, 0.3) is 5.69 Å². The molecule has 1 heterocycles. The summed E-state index contributed by atoms with van der Waals surface area (Å²) in [5.41, 5.74) is -0.252. The lowest BCUT2D eigenvalue weighted by molar-refractivity contribution is 0.0689. The van der Waals surface area contributed by atoms with Crippen molar-refractivity contribution < 1.29 is 19.0 Å². The number of nitrogens with zero attached hydrogens (tertiary/aromatic N) is 1. The van der Waals surface area contributed by atoms with Gasteiger partial charge in [0, 0.05) is 17.4 Å². The Morgan fingerprint density at radius 3 is 2.48 bits per heavy atom. The maximum absolute atomic E-state index is 13.0. The van der Waals surface area contributed by atoms with E-state index in [2.05, 4.69) is 0 Å². The van der Waals surface area contributed by atoms with Gasteiger partial charge in [-0.1, -0.05) is 0 Å². The van der Waals surface area contributed by atoms with Crippen molar-refractivity contribution in [3.63, 3.8) is 0 Å². The second-order valence-electron chi connectivity index (χ2n) is 4.41. The molecule has 1 N–H and O–H groups in total. The predicted molar refractivity (Wildman–Crippen MR) is 74.9 cm³/mol. The fourth-order valence-corrected chi connectivity index (χ4v) is 2.04. The van der Waals surface area contributed by atoms with Gasteiger partial charge in [0.1, 0.15) is 11.6 Å². The van der Waals surface area contributed by atoms with E-state index in [4.69, 9.17) is 4.74 Å². The average molecular weight is 291 g/mol. The summed E-state index contributed by atoms with van der Waals surface area (Å²) in [6.07, 6.45) is 1.48. The number of rotatable bonds is 4. The standard InChI is InChI=1S/C15H14FNO4/c1-3-21-13-9(2)8-17(14(18)12(13)15(19)20)11-6-4-10(16)5-7-11/h4-8H,3H2,1-2H3,(H,19,20). The molecule has 0 atom stereocenters. The first-order valence-electron chi connectivity index (χ1n) is 6.34. The largest absolute Gasteiger partial charge is 0.492 e. The Kier molecular flexibility index (Phi) is 4.07. The maximum atomic E-state index is 13.0. The molecule has 0 amide bonds. The molecule has 0 saturated carbocycles. The average Bonchev–Trinajstić information content (AvgIpc) is 2.43. The van der Waals surface area contributed by atoms with Gasteiger partial charge in [0.15, 0.2) is 5.56 Å². The highest BCUT2D eigenvalue weighted by atomic mass is 19.1. The summed E-state index contributed by atoms with van der Waals surface area (Å²) in [6.45, 7) is 3.61. The highest BCUT2D eigenvalue weighted by Gasteiger charge is 2.21. The van der Waals surface area contributed by atoms with Crippen molar-refractivity contribution in [2.75, 3.05) is 6.61 Å². The minimum Gasteiger partial charge on any atom is -0.492 e. The first-order valence-corrected chi connectivity index (χ1v) is 6.34. The van der Waals surface area contributed by atoms with E-state index in [1.807, 2.05) is 0 Å². The minimum absolute atomic E-state index is 0.0633. The van der Waals surface area contributed by atoms with Gasteiger partial charge in [-0.05, 0) is 38.1 Å². The molecule has 0 bridgehead atoms. The molecule has 0 aliphatic carbocycles. The van der Waals surface area contributed by atoms with Crippen LogP contribution in [-0.4, -0.2) is 22.2 Å². The first kappa shape index (κ1) is 14.8. The van der Waals surface area contributed by atoms with Crippen LogP contribution in [0.3, 0.4) is 0 Å². The Morgan fingerprint density at radius 1 is 1.33 bits per heavy atom. The van der Waals surface area contributed by atoms with Crippen LogP contribution < -0.4 is 10.3 Å². The number of carbonyl (C=O) groups is 1. The van der Waals surface area contributed by atoms with Crippen LogP contribution in [0.2, 0.25) is 0 Å². The van der Waals surface area contributed by atoms with E-state index in [9.17, 15) is 19.1 Å². The summed E-state index contributed by atoms with van der Waals surface area (Å²) in [6, 6.07) is 5.21. The number of carboxylic acids is 1. The minimum atomic E-state index is -1.36. The number of aromatic nitrogens is 1. The van der Waals surface area contributed by atoms with Crippen molar-refractivity contribution in [1.29, 1.82) is 0 Å². The molecule has 1 aromatic heterocycles. The molecule has 110 valence electrons. The number of aryl methyl sites for hydroxylation is 1. The normalized spacial score (nSPS) is 10.4. The third-order valence-corrected chi connectivity index (χ3v) is 2.95. The van der Waals surface area contributed by atoms with Crippen molar-refractivity contribution >= 4 is 5.97 Å². The Bertz CT molecular complexity index is 735. The summed E-state index contributed by atoms with van der Waals surface area (Å²) in [7, 11) is 0. The molecule has 0 saturated heterocycles. The third-order valence-electron chi connectivity index (χ3n) is 2.95. The van der Waals surface area contributed by atoms with E-state index in [1.165, 1.54) is 35.0 Å². The zero-order valence-electron chi connectivity index (χ0n) is 11.6. The lowest BCUT2D eigenvalue weighted by atomic mass is 10.1. The molecule has 1 aromatic carbocycles. The quantitative estimate of drug-likeness (QED) is 0.939. The molecule has 6 heteroatoms. The lowest BCUT2D eigenvalue weighted by Gasteiger charge is -2.14. The number of halogens is 1. The molecule has 5 nitrogen and oxygen atoms in total. The maximum Gasteiger partial charge on any atom is 0.345 e. The molecule has 0 radical (unpaired) electrons. The van der Waals surface area contributed by atoms with Crippen LogP contribution in [0.4, 0.5) is 4.39 Å². The van der Waals surface area contributed by atoms with Crippen LogP contribution in [0, 0.1) is 12.7 Å². The number of aromatic carboxylic acids is 1. The zero-order chi connectivity index (χ0) is 15.6. The van der Waals surface area contributed by atoms with Crippen LogP contribution in [0.1, 0.15) is 22.8 Å². The Labute approximate surface area is 120 Å². The SMILES string of the molecule is CCOc1c(C)cn(-c2ccc(F)cc2)c(=O)c1C(=O)O. The number of ether oxygens (including phenoxy) is 1. The molecule has 0 fully saturated rings. The molecule has 21 heavy (non-hydrogen) atoms. The summed E-state index contributed by atoms with van der Waals surface area (Å²) in [5.74, 6) is -1.73. The van der Waals surface area contributed by atoms with Crippen molar-refractivity contribution in [1.82, 2.24) is 4.57 Å². The van der Waals surface area contributed by atoms with E-state index in [-0.39, 0.29) is 12.4 Å². The zero-order valence-corrected chi connectivity index (χ0v) is 11.6. The topological polar surface area (TPSA) is 68.5 Å². The summed E-state index contributed by atoms with van der Waals surface area (Å²) >= 11 is 0. The fourth-order valence-electron chi connectivity index (χ4n) is 2.04. The summed E-state index contributed by atoms with van der Waals surface area (Å²) in [5, 5.41) is 9.26. The molecule has 0 aliphatic rings. The molecular formula is C15H14FNO4. The highest BCUT2D eigenvalue weighted by molar-refractivity contribution is 5.91. The van der Waals surface area contributed by atoms with Crippen LogP contribution in [-0.2, 0) is 0 Å². The highest BCUT2D eigenvalue weighted by Crippen LogP contribution is 2.22. The van der Waals surface area contributed by atoms with E-state index in [1.54, 1.807) is 13.8 Å². The van der Waals surface area contributed by atoms with E-state index in [0.717, 1.165) is 0 Å². The lowest BCUT2D eigenvalue weighted by Crippen LogP contribution is -2.27. The van der Waals surface area contributed by atoms with Crippen molar-refractivity contribution in [3.05, 3.63) is 57.8 Å². The predicted octanol–water partition coefficient (Wildman–Crippen LogP) is 2.38. The molecule has 0 unspecified atom stereocenters. The third kappa shape index (κ3) is 2.79. The molecule has 0 aliphatic heterocycles. The van der Waals surface area contributed by atoms with Gasteiger partial charge in [0.2, 0.25) is 0 Å². The second kappa shape index (κ2) is 5.78. The Hall–Kier alpha value is -2.63. The molecule has 2 rings (SSSR count). The van der Waals surface area contributed by atoms with Gasteiger partial charge in [-0.2, -0.15) is 0 Å². The molecular weight excluding hydrogens is 277 g/mol. The first-order chi connectivity index (χ1) is 9.95. The summed E-state index contributed by atoms with van der Waals surface area (Å²) < 4.78 is 19.4. The number of hydrogen-bond acceptors (Lipinski definition) is 3. The van der Waals surface area contributed by atoms with Gasteiger partial charge in [0.25, 0.3) is 5.56 Å².